The number of likely N-dealkylation sites (N-methyl/N-ethyl adjacent to an activating group) is 1. The summed E-state index contributed by atoms with van der Waals surface area (Å²) in [7, 11) is 1.72. The largest absolute Gasteiger partial charge is 0.457 e. The summed E-state index contributed by atoms with van der Waals surface area (Å²) in [5, 5.41) is 11.8. The summed E-state index contributed by atoms with van der Waals surface area (Å²) in [6.07, 6.45) is 4.56. The van der Waals surface area contributed by atoms with Crippen LogP contribution in [0.1, 0.15) is 18.1 Å². The lowest BCUT2D eigenvalue weighted by Gasteiger charge is -2.17. The van der Waals surface area contributed by atoms with Crippen LogP contribution in [0.2, 0.25) is 0 Å². The van der Waals surface area contributed by atoms with E-state index in [1.165, 1.54) is 12.4 Å². The van der Waals surface area contributed by atoms with Gasteiger partial charge >= 0.3 is 0 Å². The van der Waals surface area contributed by atoms with E-state index in [-0.39, 0.29) is 17.4 Å². The molecule has 2 aromatic carbocycles. The first kappa shape index (κ1) is 22.5. The lowest BCUT2D eigenvalue weighted by molar-refractivity contribution is -0.124. The molecule has 0 fully saturated rings. The molecule has 8 nitrogen and oxygen atoms in total. The quantitative estimate of drug-likeness (QED) is 0.352. The van der Waals surface area contributed by atoms with Crippen LogP contribution < -0.4 is 15.8 Å². The first-order valence-corrected chi connectivity index (χ1v) is 10.1. The zero-order valence-electron chi connectivity index (χ0n) is 18.1. The molecular weight excluding hydrogens is 404 g/mol. The smallest absolute Gasteiger partial charge is 0.246 e. The van der Waals surface area contributed by atoms with Crippen LogP contribution in [0.4, 0.5) is 11.6 Å². The molecule has 0 bridgehead atoms. The Kier molecular flexibility index (Phi) is 7.53. The van der Waals surface area contributed by atoms with Crippen molar-refractivity contribution in [2.45, 2.75) is 6.92 Å². The highest BCUT2D eigenvalue weighted by Gasteiger charge is 2.16. The summed E-state index contributed by atoms with van der Waals surface area (Å²) in [4.78, 5) is 21.8. The molecule has 0 unspecified atom stereocenters. The van der Waals surface area contributed by atoms with Gasteiger partial charge in [-0.25, -0.2) is 9.97 Å². The summed E-state index contributed by atoms with van der Waals surface area (Å²) >= 11 is 0. The maximum absolute atomic E-state index is 11.9. The van der Waals surface area contributed by atoms with Gasteiger partial charge in [0.25, 0.3) is 0 Å². The Morgan fingerprint density at radius 2 is 1.81 bits per heavy atom. The van der Waals surface area contributed by atoms with E-state index in [0.29, 0.717) is 35.8 Å². The molecule has 1 heterocycles. The standard InChI is InChI=1S/C24H26N6O2/c1-3-7-20(31)30(2)15-14-27-24-21(23(26)28-16-29-24)22(25)17-10-12-19(13-11-17)32-18-8-5-4-6-9-18/h3-13,16,25H,14-15H2,1-2H3,(H3,26,27,28,29). The third kappa shape index (κ3) is 5.69. The van der Waals surface area contributed by atoms with Gasteiger partial charge in [-0.15, -0.1) is 0 Å². The van der Waals surface area contributed by atoms with Gasteiger partial charge in [-0.3, -0.25) is 10.2 Å². The number of nitrogens with one attached hydrogen (secondary N) is 2. The second-order valence-corrected chi connectivity index (χ2v) is 6.98. The van der Waals surface area contributed by atoms with Crippen LogP contribution in [-0.4, -0.2) is 46.6 Å². The topological polar surface area (TPSA) is 117 Å². The van der Waals surface area contributed by atoms with Crippen LogP contribution in [0.25, 0.3) is 0 Å². The summed E-state index contributed by atoms with van der Waals surface area (Å²) in [6, 6.07) is 16.7. The highest BCUT2D eigenvalue weighted by molar-refractivity contribution is 6.16. The molecule has 0 atom stereocenters. The van der Waals surface area contributed by atoms with Gasteiger partial charge in [-0.1, -0.05) is 24.3 Å². The van der Waals surface area contributed by atoms with Crippen LogP contribution in [0.5, 0.6) is 11.5 Å². The molecule has 0 saturated heterocycles. The van der Waals surface area contributed by atoms with Gasteiger partial charge in [0.2, 0.25) is 5.91 Å². The van der Waals surface area contributed by atoms with Crippen LogP contribution >= 0.6 is 0 Å². The predicted molar refractivity (Wildman–Crippen MR) is 126 cm³/mol. The minimum atomic E-state index is -0.0812. The number of para-hydroxylation sites is 1. The minimum Gasteiger partial charge on any atom is -0.457 e. The van der Waals surface area contributed by atoms with E-state index >= 15 is 0 Å². The van der Waals surface area contributed by atoms with E-state index in [0.717, 1.165) is 5.75 Å². The molecule has 3 rings (SSSR count). The number of nitrogens with two attached hydrogens (primary N) is 1. The maximum Gasteiger partial charge on any atom is 0.246 e. The molecule has 0 spiro atoms. The van der Waals surface area contributed by atoms with Gasteiger partial charge in [-0.05, 0) is 49.4 Å². The second kappa shape index (κ2) is 10.7. The number of allylic oxidation sites excluding steroid dienone is 1. The van der Waals surface area contributed by atoms with Crippen molar-refractivity contribution in [3.8, 4) is 11.5 Å². The lowest BCUT2D eigenvalue weighted by atomic mass is 10.0. The van der Waals surface area contributed by atoms with E-state index in [1.54, 1.807) is 49.2 Å². The van der Waals surface area contributed by atoms with Crippen molar-refractivity contribution in [2.75, 3.05) is 31.2 Å². The molecule has 1 amide bonds. The Hall–Kier alpha value is -4.20. The molecule has 32 heavy (non-hydrogen) atoms. The zero-order valence-corrected chi connectivity index (χ0v) is 18.1. The third-order valence-corrected chi connectivity index (χ3v) is 4.67. The molecule has 0 aliphatic rings. The molecule has 1 aromatic heterocycles. The number of hydrogen-bond acceptors (Lipinski definition) is 7. The van der Waals surface area contributed by atoms with Crippen molar-refractivity contribution in [3.63, 3.8) is 0 Å². The van der Waals surface area contributed by atoms with Gasteiger partial charge in [-0.2, -0.15) is 0 Å². The number of anilines is 2. The average Bonchev–Trinajstić information content (AvgIpc) is 2.80. The van der Waals surface area contributed by atoms with E-state index < -0.39 is 0 Å². The molecule has 0 aliphatic heterocycles. The number of benzene rings is 2. The predicted octanol–water partition coefficient (Wildman–Crippen LogP) is 3.71. The van der Waals surface area contributed by atoms with Gasteiger partial charge in [0, 0.05) is 25.7 Å². The van der Waals surface area contributed by atoms with Crippen molar-refractivity contribution in [3.05, 3.63) is 84.2 Å². The van der Waals surface area contributed by atoms with Crippen LogP contribution in [0.15, 0.2) is 73.1 Å². The van der Waals surface area contributed by atoms with E-state index in [4.69, 9.17) is 15.9 Å². The lowest BCUT2D eigenvalue weighted by Crippen LogP contribution is -2.30. The average molecular weight is 431 g/mol. The molecule has 0 aliphatic carbocycles. The molecule has 0 radical (unpaired) electrons. The van der Waals surface area contributed by atoms with Crippen molar-refractivity contribution in [2.24, 2.45) is 0 Å². The number of carbonyl (C=O) groups is 1. The SMILES string of the molecule is CC=CC(=O)N(C)CCNc1ncnc(N)c1C(=N)c1ccc(Oc2ccccc2)cc1. The van der Waals surface area contributed by atoms with Crippen LogP contribution in [0, 0.1) is 5.41 Å². The zero-order chi connectivity index (χ0) is 22.9. The summed E-state index contributed by atoms with van der Waals surface area (Å²) < 4.78 is 5.81. The number of amides is 1. The fourth-order valence-corrected chi connectivity index (χ4v) is 2.96. The van der Waals surface area contributed by atoms with Crippen molar-refractivity contribution < 1.29 is 9.53 Å². The number of ether oxygens (including phenoxy) is 1. The van der Waals surface area contributed by atoms with Crippen molar-refractivity contribution >= 4 is 23.3 Å². The Bertz CT molecular complexity index is 1100. The number of carbonyl (C=O) groups excluding carboxylic acids is 1. The highest BCUT2D eigenvalue weighted by atomic mass is 16.5. The number of aromatic nitrogens is 2. The second-order valence-electron chi connectivity index (χ2n) is 6.98. The number of rotatable bonds is 9. The van der Waals surface area contributed by atoms with E-state index in [9.17, 15) is 4.79 Å². The molecular formula is C24H26N6O2. The van der Waals surface area contributed by atoms with Crippen molar-refractivity contribution in [1.29, 1.82) is 5.41 Å². The Balaban J connectivity index is 1.71. The van der Waals surface area contributed by atoms with Gasteiger partial charge in [0.15, 0.2) is 0 Å². The summed E-state index contributed by atoms with van der Waals surface area (Å²) in [5.41, 5.74) is 7.33. The fourth-order valence-electron chi connectivity index (χ4n) is 2.96. The first-order valence-electron chi connectivity index (χ1n) is 10.1. The minimum absolute atomic E-state index is 0.0812. The van der Waals surface area contributed by atoms with E-state index in [1.807, 2.05) is 30.3 Å². The van der Waals surface area contributed by atoms with Crippen LogP contribution in [0.3, 0.4) is 0 Å². The van der Waals surface area contributed by atoms with Crippen molar-refractivity contribution in [1.82, 2.24) is 14.9 Å². The summed E-state index contributed by atoms with van der Waals surface area (Å²) in [6.45, 7) is 2.71. The Morgan fingerprint density at radius 3 is 2.50 bits per heavy atom. The molecule has 164 valence electrons. The first-order chi connectivity index (χ1) is 15.5. The highest BCUT2D eigenvalue weighted by Crippen LogP contribution is 2.25. The molecule has 4 N–H and O–H groups in total. The maximum atomic E-state index is 11.9. The number of nitrogen functional groups attached to an aromatic ring is 1. The molecule has 0 saturated carbocycles. The molecule has 3 aromatic rings. The van der Waals surface area contributed by atoms with Crippen LogP contribution in [-0.2, 0) is 4.79 Å². The number of nitrogens with zero attached hydrogens (tertiary/aromatic N) is 3. The van der Waals surface area contributed by atoms with E-state index in [2.05, 4.69) is 15.3 Å². The Morgan fingerprint density at radius 1 is 1.12 bits per heavy atom. The van der Waals surface area contributed by atoms with Gasteiger partial charge < -0.3 is 20.7 Å². The fraction of sp³-hybridized carbons (Fsp3) is 0.167. The van der Waals surface area contributed by atoms with Gasteiger partial charge in [0.1, 0.15) is 29.5 Å². The monoisotopic (exact) mass is 430 g/mol. The molecule has 8 heteroatoms. The number of hydrogen-bond donors (Lipinski definition) is 3. The summed E-state index contributed by atoms with van der Waals surface area (Å²) in [5.74, 6) is 1.97. The Labute approximate surface area is 187 Å². The third-order valence-electron chi connectivity index (χ3n) is 4.67. The normalized spacial score (nSPS) is 10.7. The van der Waals surface area contributed by atoms with Gasteiger partial charge in [0.05, 0.1) is 11.3 Å².